The number of nitrogens with zero attached hydrogens (tertiary/aromatic N) is 3. The van der Waals surface area contributed by atoms with Crippen LogP contribution in [-0.4, -0.2) is 64.6 Å². The second-order valence-corrected chi connectivity index (χ2v) is 7.51. The van der Waals surface area contributed by atoms with E-state index in [1.165, 1.54) is 11.3 Å². The van der Waals surface area contributed by atoms with E-state index in [1.807, 2.05) is 12.1 Å². The number of aromatic nitrogens is 2. The van der Waals surface area contributed by atoms with E-state index < -0.39 is 6.10 Å². The lowest BCUT2D eigenvalue weighted by atomic mass is 10.0. The van der Waals surface area contributed by atoms with Crippen molar-refractivity contribution in [1.82, 2.24) is 20.2 Å². The quantitative estimate of drug-likeness (QED) is 0.660. The molecule has 1 atom stereocenters. The Labute approximate surface area is 171 Å². The number of carbonyl (C=O) groups is 2. The van der Waals surface area contributed by atoms with Crippen LogP contribution < -0.4 is 5.32 Å². The number of rotatable bonds is 5. The molecule has 3 aromatic rings. The summed E-state index contributed by atoms with van der Waals surface area (Å²) in [6.07, 6.45) is 2.81. The number of ether oxygens (including phenoxy) is 1. The zero-order valence-corrected chi connectivity index (χ0v) is 16.4. The monoisotopic (exact) mass is 412 g/mol. The predicted molar refractivity (Wildman–Crippen MR) is 108 cm³/mol. The van der Waals surface area contributed by atoms with Crippen molar-refractivity contribution in [3.63, 3.8) is 0 Å². The Balaban J connectivity index is 1.66. The molecule has 9 heteroatoms. The number of aliphatic hydroxyl groups excluding tert-OH is 1. The molecular formula is C20H20N4O4S. The summed E-state index contributed by atoms with van der Waals surface area (Å²) in [5, 5.41) is 12.6. The molecule has 1 aliphatic rings. The van der Waals surface area contributed by atoms with E-state index in [2.05, 4.69) is 15.3 Å². The van der Waals surface area contributed by atoms with Crippen LogP contribution in [0, 0.1) is 0 Å². The van der Waals surface area contributed by atoms with Gasteiger partial charge in [0.2, 0.25) is 0 Å². The third kappa shape index (κ3) is 3.98. The number of hydrogen-bond acceptors (Lipinski definition) is 7. The molecule has 1 aliphatic heterocycles. The first-order valence-electron chi connectivity index (χ1n) is 9.27. The fourth-order valence-electron chi connectivity index (χ4n) is 3.35. The zero-order valence-electron chi connectivity index (χ0n) is 15.6. The van der Waals surface area contributed by atoms with Gasteiger partial charge < -0.3 is 20.1 Å². The van der Waals surface area contributed by atoms with Crippen LogP contribution in [0.4, 0.5) is 0 Å². The molecule has 2 amide bonds. The summed E-state index contributed by atoms with van der Waals surface area (Å²) in [6, 6.07) is 8.94. The largest absolute Gasteiger partial charge is 0.395 e. The number of thiophene rings is 1. The van der Waals surface area contributed by atoms with Gasteiger partial charge in [-0.25, -0.2) is 4.98 Å². The Morgan fingerprint density at radius 3 is 2.90 bits per heavy atom. The zero-order chi connectivity index (χ0) is 20.2. The van der Waals surface area contributed by atoms with Crippen LogP contribution in [0.2, 0.25) is 0 Å². The standard InChI is InChI=1S/C20H20N4O4S/c25-10-8-22-18(26)17-16(13-4-3-7-23-19(13)29-17)15-12-24(9-11-28-15)20(27)14-5-1-2-6-21-14/h1-7,15,25H,8-12H2,(H,22,26)/t15-/m0/s1. The maximum Gasteiger partial charge on any atom is 0.272 e. The molecule has 4 rings (SSSR count). The molecule has 2 N–H and O–H groups in total. The van der Waals surface area contributed by atoms with Gasteiger partial charge in [-0.2, -0.15) is 0 Å². The molecule has 1 fully saturated rings. The van der Waals surface area contributed by atoms with Gasteiger partial charge in [0.15, 0.2) is 0 Å². The molecule has 0 bridgehead atoms. The average molecular weight is 412 g/mol. The summed E-state index contributed by atoms with van der Waals surface area (Å²) in [5.74, 6) is -0.448. The molecule has 0 spiro atoms. The van der Waals surface area contributed by atoms with Crippen molar-refractivity contribution in [2.24, 2.45) is 0 Å². The molecule has 0 unspecified atom stereocenters. The van der Waals surface area contributed by atoms with Crippen molar-refractivity contribution in [2.45, 2.75) is 6.10 Å². The van der Waals surface area contributed by atoms with Crippen molar-refractivity contribution >= 4 is 33.4 Å². The number of nitrogens with one attached hydrogen (secondary N) is 1. The summed E-state index contributed by atoms with van der Waals surface area (Å²) in [4.78, 5) is 36.9. The van der Waals surface area contributed by atoms with Gasteiger partial charge in [-0.05, 0) is 18.2 Å². The van der Waals surface area contributed by atoms with Crippen molar-refractivity contribution in [3.05, 3.63) is 58.9 Å². The van der Waals surface area contributed by atoms with Gasteiger partial charge in [-0.1, -0.05) is 12.1 Å². The first kappa shape index (κ1) is 19.4. The Kier molecular flexibility index (Phi) is 5.79. The number of morpholine rings is 1. The fourth-order valence-corrected chi connectivity index (χ4v) is 4.46. The van der Waals surface area contributed by atoms with E-state index in [1.54, 1.807) is 35.5 Å². The third-order valence-corrected chi connectivity index (χ3v) is 5.80. The first-order chi connectivity index (χ1) is 14.2. The molecule has 0 radical (unpaired) electrons. The summed E-state index contributed by atoms with van der Waals surface area (Å²) in [7, 11) is 0. The second kappa shape index (κ2) is 8.64. The molecule has 150 valence electrons. The minimum atomic E-state index is -0.454. The highest BCUT2D eigenvalue weighted by Crippen LogP contribution is 2.37. The fraction of sp³-hybridized carbons (Fsp3) is 0.300. The SMILES string of the molecule is O=C(NCCO)c1sc2ncccc2c1[C@@H]1CN(C(=O)c2ccccn2)CCO1. The Morgan fingerprint density at radius 1 is 1.24 bits per heavy atom. The first-order valence-corrected chi connectivity index (χ1v) is 10.1. The molecule has 8 nitrogen and oxygen atoms in total. The van der Waals surface area contributed by atoms with Crippen LogP contribution in [0.3, 0.4) is 0 Å². The number of hydrogen-bond donors (Lipinski definition) is 2. The number of carbonyl (C=O) groups excluding carboxylic acids is 2. The van der Waals surface area contributed by atoms with Crippen LogP contribution in [-0.2, 0) is 4.74 Å². The van der Waals surface area contributed by atoms with E-state index in [9.17, 15) is 9.59 Å². The summed E-state index contributed by atoms with van der Waals surface area (Å²) in [5.41, 5.74) is 1.11. The van der Waals surface area contributed by atoms with Crippen LogP contribution in [0.25, 0.3) is 10.2 Å². The number of fused-ring (bicyclic) bond motifs is 1. The van der Waals surface area contributed by atoms with Gasteiger partial charge in [0.25, 0.3) is 11.8 Å². The molecule has 0 aliphatic carbocycles. The molecule has 29 heavy (non-hydrogen) atoms. The molecule has 3 aromatic heterocycles. The van der Waals surface area contributed by atoms with Crippen LogP contribution >= 0.6 is 11.3 Å². The number of amides is 2. The molecule has 4 heterocycles. The molecular weight excluding hydrogens is 392 g/mol. The third-order valence-electron chi connectivity index (χ3n) is 4.67. The van der Waals surface area contributed by atoms with Gasteiger partial charge in [-0.15, -0.1) is 11.3 Å². The lowest BCUT2D eigenvalue weighted by Gasteiger charge is -2.33. The van der Waals surface area contributed by atoms with E-state index in [0.29, 0.717) is 30.3 Å². The number of pyridine rings is 2. The minimum absolute atomic E-state index is 0.142. The van der Waals surface area contributed by atoms with Crippen LogP contribution in [0.5, 0.6) is 0 Å². The highest BCUT2D eigenvalue weighted by Gasteiger charge is 2.32. The molecule has 1 saturated heterocycles. The Bertz CT molecular complexity index is 1020. The Hall–Kier alpha value is -2.88. The van der Waals surface area contributed by atoms with Crippen molar-refractivity contribution in [1.29, 1.82) is 0 Å². The number of aliphatic hydroxyl groups is 1. The van der Waals surface area contributed by atoms with Gasteiger partial charge >= 0.3 is 0 Å². The smallest absolute Gasteiger partial charge is 0.272 e. The highest BCUT2D eigenvalue weighted by molar-refractivity contribution is 7.20. The van der Waals surface area contributed by atoms with E-state index in [4.69, 9.17) is 9.84 Å². The highest BCUT2D eigenvalue weighted by atomic mass is 32.1. The maximum absolute atomic E-state index is 12.8. The minimum Gasteiger partial charge on any atom is -0.395 e. The maximum atomic E-state index is 12.8. The summed E-state index contributed by atoms with van der Waals surface area (Å²) in [6.45, 7) is 1.15. The van der Waals surface area contributed by atoms with Gasteiger partial charge in [-0.3, -0.25) is 14.6 Å². The average Bonchev–Trinajstić information content (AvgIpc) is 3.17. The van der Waals surface area contributed by atoms with Gasteiger partial charge in [0.05, 0.1) is 19.8 Å². The van der Waals surface area contributed by atoms with Crippen molar-refractivity contribution in [3.8, 4) is 0 Å². The summed E-state index contributed by atoms with van der Waals surface area (Å²) >= 11 is 1.28. The molecule has 0 saturated carbocycles. The lowest BCUT2D eigenvalue weighted by molar-refractivity contribution is -0.0224. The Morgan fingerprint density at radius 2 is 2.10 bits per heavy atom. The normalized spacial score (nSPS) is 16.7. The topological polar surface area (TPSA) is 105 Å². The van der Waals surface area contributed by atoms with Crippen LogP contribution in [0.1, 0.15) is 31.8 Å². The predicted octanol–water partition coefficient (Wildman–Crippen LogP) is 1.63. The van der Waals surface area contributed by atoms with Crippen molar-refractivity contribution < 1.29 is 19.4 Å². The van der Waals surface area contributed by atoms with Crippen LogP contribution in [0.15, 0.2) is 42.7 Å². The van der Waals surface area contributed by atoms with Gasteiger partial charge in [0.1, 0.15) is 21.5 Å². The van der Waals surface area contributed by atoms with Crippen molar-refractivity contribution in [2.75, 3.05) is 32.8 Å². The summed E-state index contributed by atoms with van der Waals surface area (Å²) < 4.78 is 5.98. The van der Waals surface area contributed by atoms with E-state index in [-0.39, 0.29) is 25.0 Å². The molecule has 0 aromatic carbocycles. The lowest BCUT2D eigenvalue weighted by Crippen LogP contribution is -2.43. The second-order valence-electron chi connectivity index (χ2n) is 6.51. The van der Waals surface area contributed by atoms with E-state index >= 15 is 0 Å². The van der Waals surface area contributed by atoms with E-state index in [0.717, 1.165) is 15.8 Å². The van der Waals surface area contributed by atoms with Gasteiger partial charge in [0, 0.05) is 36.4 Å².